The molecule has 0 atom stereocenters. The van der Waals surface area contributed by atoms with Gasteiger partial charge in [-0.15, -0.1) is 0 Å². The molecule has 0 radical (unpaired) electrons. The Labute approximate surface area is 168 Å². The molecule has 0 saturated carbocycles. The molecule has 0 aliphatic rings. The van der Waals surface area contributed by atoms with Crippen LogP contribution in [0.5, 0.6) is 0 Å². The fourth-order valence-electron chi connectivity index (χ4n) is 3.01. The molecule has 0 aliphatic carbocycles. The standard InChI is InChI=1S/C20H15F3N6O/c21-20(22,23)13-2-1-3-15(10-13)28-19(30)27-14-6-4-12(5-7-14)16-8-9-29-17(16)18(24)25-11-26-29/h1-11H,(H2,24,25,26)(H2,27,28,30). The number of hydrogen-bond donors (Lipinski definition) is 3. The highest BCUT2D eigenvalue weighted by atomic mass is 19.4. The van der Waals surface area contributed by atoms with Crippen LogP contribution in [0.3, 0.4) is 0 Å². The Balaban J connectivity index is 1.48. The first kappa shape index (κ1) is 19.2. The first-order valence-electron chi connectivity index (χ1n) is 8.75. The van der Waals surface area contributed by atoms with Crippen LogP contribution in [0.2, 0.25) is 0 Å². The third-order valence-corrected chi connectivity index (χ3v) is 4.38. The van der Waals surface area contributed by atoms with Crippen molar-refractivity contribution in [1.29, 1.82) is 0 Å². The van der Waals surface area contributed by atoms with E-state index < -0.39 is 17.8 Å². The maximum Gasteiger partial charge on any atom is 0.416 e. The maximum absolute atomic E-state index is 12.8. The average molecular weight is 412 g/mol. The first-order chi connectivity index (χ1) is 14.3. The van der Waals surface area contributed by atoms with Gasteiger partial charge in [0.05, 0.1) is 5.56 Å². The molecule has 2 aromatic heterocycles. The quantitative estimate of drug-likeness (QED) is 0.457. The zero-order chi connectivity index (χ0) is 21.3. The van der Waals surface area contributed by atoms with E-state index in [1.165, 1.54) is 18.5 Å². The van der Waals surface area contributed by atoms with Crippen LogP contribution in [0.1, 0.15) is 5.56 Å². The van der Waals surface area contributed by atoms with Gasteiger partial charge < -0.3 is 16.4 Å². The number of nitrogens with one attached hydrogen (secondary N) is 2. The fourth-order valence-corrected chi connectivity index (χ4v) is 3.01. The fraction of sp³-hybridized carbons (Fsp3) is 0.0500. The lowest BCUT2D eigenvalue weighted by molar-refractivity contribution is -0.137. The van der Waals surface area contributed by atoms with Crippen LogP contribution in [0.4, 0.5) is 35.2 Å². The van der Waals surface area contributed by atoms with Crippen LogP contribution < -0.4 is 16.4 Å². The van der Waals surface area contributed by atoms with Gasteiger partial charge in [0.1, 0.15) is 11.8 Å². The van der Waals surface area contributed by atoms with E-state index in [1.807, 2.05) is 6.07 Å². The summed E-state index contributed by atoms with van der Waals surface area (Å²) in [5.74, 6) is 0.340. The first-order valence-corrected chi connectivity index (χ1v) is 8.75. The number of nitrogens with two attached hydrogens (primary N) is 1. The van der Waals surface area contributed by atoms with Gasteiger partial charge in [0.2, 0.25) is 0 Å². The molecule has 0 unspecified atom stereocenters. The van der Waals surface area contributed by atoms with Crippen molar-refractivity contribution in [3.63, 3.8) is 0 Å². The normalized spacial score (nSPS) is 11.4. The number of benzene rings is 2. The van der Waals surface area contributed by atoms with Crippen molar-refractivity contribution in [3.8, 4) is 11.1 Å². The summed E-state index contributed by atoms with van der Waals surface area (Å²) in [5.41, 5.74) is 7.93. The van der Waals surface area contributed by atoms with Crippen LogP contribution >= 0.6 is 0 Å². The van der Waals surface area contributed by atoms with E-state index in [0.29, 0.717) is 17.0 Å². The molecule has 0 bridgehead atoms. The number of carbonyl (C=O) groups excluding carboxylic acids is 1. The van der Waals surface area contributed by atoms with Crippen LogP contribution in [0.15, 0.2) is 67.1 Å². The minimum Gasteiger partial charge on any atom is -0.382 e. The van der Waals surface area contributed by atoms with Crippen molar-refractivity contribution in [2.45, 2.75) is 6.18 Å². The van der Waals surface area contributed by atoms with Crippen molar-refractivity contribution in [2.24, 2.45) is 0 Å². The molecular weight excluding hydrogens is 397 g/mol. The molecule has 2 aromatic carbocycles. The number of anilines is 3. The van der Waals surface area contributed by atoms with E-state index in [9.17, 15) is 18.0 Å². The summed E-state index contributed by atoms with van der Waals surface area (Å²) in [5, 5.41) is 9.07. The summed E-state index contributed by atoms with van der Waals surface area (Å²) in [6.45, 7) is 0. The number of aromatic nitrogens is 3. The van der Waals surface area contributed by atoms with Crippen molar-refractivity contribution in [3.05, 3.63) is 72.7 Å². The van der Waals surface area contributed by atoms with E-state index in [0.717, 1.165) is 23.3 Å². The zero-order valence-corrected chi connectivity index (χ0v) is 15.3. The van der Waals surface area contributed by atoms with Crippen molar-refractivity contribution < 1.29 is 18.0 Å². The summed E-state index contributed by atoms with van der Waals surface area (Å²) in [6, 6.07) is 12.5. The Hall–Kier alpha value is -4.08. The van der Waals surface area contributed by atoms with Crippen LogP contribution in [0.25, 0.3) is 16.6 Å². The van der Waals surface area contributed by atoms with Crippen molar-refractivity contribution >= 4 is 28.7 Å². The van der Waals surface area contributed by atoms with Gasteiger partial charge in [0.15, 0.2) is 5.82 Å². The van der Waals surface area contributed by atoms with E-state index in [1.54, 1.807) is 35.0 Å². The number of halogens is 3. The van der Waals surface area contributed by atoms with E-state index in [-0.39, 0.29) is 5.69 Å². The lowest BCUT2D eigenvalue weighted by atomic mass is 10.1. The number of rotatable bonds is 3. The molecule has 10 heteroatoms. The summed E-state index contributed by atoms with van der Waals surface area (Å²) >= 11 is 0. The highest BCUT2D eigenvalue weighted by Crippen LogP contribution is 2.31. The predicted octanol–water partition coefficient (Wildman–Crippen LogP) is 4.64. The zero-order valence-electron chi connectivity index (χ0n) is 15.3. The summed E-state index contributed by atoms with van der Waals surface area (Å²) in [4.78, 5) is 16.1. The van der Waals surface area contributed by atoms with Gasteiger partial charge in [0, 0.05) is 23.1 Å². The third kappa shape index (κ3) is 3.88. The Kier molecular flexibility index (Phi) is 4.74. The molecule has 0 aliphatic heterocycles. The lowest BCUT2D eigenvalue weighted by Crippen LogP contribution is -2.19. The molecule has 2 amide bonds. The van der Waals surface area contributed by atoms with Gasteiger partial charge in [-0.3, -0.25) is 0 Å². The maximum atomic E-state index is 12.8. The molecule has 4 aromatic rings. The minimum absolute atomic E-state index is 0.0368. The van der Waals surface area contributed by atoms with Gasteiger partial charge >= 0.3 is 12.2 Å². The number of amides is 2. The van der Waals surface area contributed by atoms with Crippen molar-refractivity contribution in [2.75, 3.05) is 16.4 Å². The van der Waals surface area contributed by atoms with E-state index in [2.05, 4.69) is 20.7 Å². The number of hydrogen-bond acceptors (Lipinski definition) is 4. The second kappa shape index (κ2) is 7.39. The molecule has 0 fully saturated rings. The number of alkyl halides is 3. The Morgan fingerprint density at radius 1 is 1.00 bits per heavy atom. The van der Waals surface area contributed by atoms with Gasteiger partial charge in [0.25, 0.3) is 0 Å². The summed E-state index contributed by atoms with van der Waals surface area (Å²) in [6.07, 6.45) is -1.36. The smallest absolute Gasteiger partial charge is 0.382 e. The topological polar surface area (TPSA) is 97.3 Å². The molecule has 152 valence electrons. The number of carbonyl (C=O) groups is 1. The van der Waals surface area contributed by atoms with Crippen LogP contribution in [-0.4, -0.2) is 20.6 Å². The van der Waals surface area contributed by atoms with Crippen molar-refractivity contribution in [1.82, 2.24) is 14.6 Å². The van der Waals surface area contributed by atoms with Gasteiger partial charge in [-0.1, -0.05) is 18.2 Å². The van der Waals surface area contributed by atoms with E-state index in [4.69, 9.17) is 5.73 Å². The largest absolute Gasteiger partial charge is 0.416 e. The Bertz CT molecular complexity index is 1220. The molecule has 4 N–H and O–H groups in total. The number of urea groups is 1. The number of nitrogens with zero attached hydrogens (tertiary/aromatic N) is 3. The molecular formula is C20H15F3N6O. The molecule has 0 saturated heterocycles. The molecule has 4 rings (SSSR count). The Morgan fingerprint density at radius 2 is 1.73 bits per heavy atom. The Morgan fingerprint density at radius 3 is 2.47 bits per heavy atom. The predicted molar refractivity (Wildman–Crippen MR) is 107 cm³/mol. The van der Waals surface area contributed by atoms with Gasteiger partial charge in [-0.05, 0) is 42.0 Å². The second-order valence-electron chi connectivity index (χ2n) is 6.40. The van der Waals surface area contributed by atoms with Crippen LogP contribution in [-0.2, 0) is 6.18 Å². The third-order valence-electron chi connectivity index (χ3n) is 4.38. The molecule has 7 nitrogen and oxygen atoms in total. The van der Waals surface area contributed by atoms with E-state index >= 15 is 0 Å². The van der Waals surface area contributed by atoms with Gasteiger partial charge in [-0.25, -0.2) is 14.3 Å². The second-order valence-corrected chi connectivity index (χ2v) is 6.40. The highest BCUT2D eigenvalue weighted by molar-refractivity contribution is 6.00. The molecule has 30 heavy (non-hydrogen) atoms. The summed E-state index contributed by atoms with van der Waals surface area (Å²) < 4.78 is 40.0. The lowest BCUT2D eigenvalue weighted by Gasteiger charge is -2.11. The molecule has 2 heterocycles. The average Bonchev–Trinajstić information content (AvgIpc) is 3.14. The highest BCUT2D eigenvalue weighted by Gasteiger charge is 2.30. The summed E-state index contributed by atoms with van der Waals surface area (Å²) in [7, 11) is 0. The number of fused-ring (bicyclic) bond motifs is 1. The molecule has 0 spiro atoms. The van der Waals surface area contributed by atoms with Crippen LogP contribution in [0, 0.1) is 0 Å². The number of nitrogen functional groups attached to an aromatic ring is 1. The SMILES string of the molecule is Nc1ncnn2ccc(-c3ccc(NC(=O)Nc4cccc(C(F)(F)F)c4)cc3)c12. The minimum atomic E-state index is -4.48. The van der Waals surface area contributed by atoms with Gasteiger partial charge in [-0.2, -0.15) is 18.3 Å². The monoisotopic (exact) mass is 412 g/mol.